The second-order valence-corrected chi connectivity index (χ2v) is 6.68. The smallest absolute Gasteiger partial charge is 0.0476 e. The summed E-state index contributed by atoms with van der Waals surface area (Å²) < 4.78 is 0. The van der Waals surface area contributed by atoms with Crippen LogP contribution in [0, 0.1) is 0 Å². The minimum absolute atomic E-state index is 0.356. The first-order valence-electron chi connectivity index (χ1n) is 7.55. The van der Waals surface area contributed by atoms with Crippen LogP contribution in [0.2, 0.25) is 0 Å². The van der Waals surface area contributed by atoms with Crippen LogP contribution in [0.1, 0.15) is 43.2 Å². The fraction of sp³-hybridized carbons (Fsp3) is 0.444. The first kappa shape index (κ1) is 10.4. The molecule has 2 atom stereocenters. The highest BCUT2D eigenvalue weighted by Crippen LogP contribution is 2.67. The van der Waals surface area contributed by atoms with E-state index in [1.807, 2.05) is 0 Å². The first-order chi connectivity index (χ1) is 9.28. The summed E-state index contributed by atoms with van der Waals surface area (Å²) in [6.07, 6.45) is 6.84. The van der Waals surface area contributed by atoms with Gasteiger partial charge in [0.25, 0.3) is 0 Å². The van der Waals surface area contributed by atoms with E-state index in [1.54, 1.807) is 11.1 Å². The van der Waals surface area contributed by atoms with E-state index < -0.39 is 0 Å². The number of hydrogen-bond acceptors (Lipinski definition) is 1. The van der Waals surface area contributed by atoms with Gasteiger partial charge in [0.2, 0.25) is 0 Å². The van der Waals surface area contributed by atoms with Gasteiger partial charge in [0.15, 0.2) is 0 Å². The molecule has 0 aromatic heterocycles. The zero-order valence-electron chi connectivity index (χ0n) is 11.4. The molecule has 2 unspecified atom stereocenters. The number of piperidine rings is 1. The molecule has 96 valence electrons. The third-order valence-electron chi connectivity index (χ3n) is 6.31. The van der Waals surface area contributed by atoms with Crippen LogP contribution in [0.25, 0.3) is 10.8 Å². The molecule has 0 amide bonds. The molecule has 3 heterocycles. The molecule has 1 heteroatoms. The molecule has 2 saturated heterocycles. The second-order valence-electron chi connectivity index (χ2n) is 6.68. The van der Waals surface area contributed by atoms with E-state index >= 15 is 0 Å². The van der Waals surface area contributed by atoms with Crippen LogP contribution in [0.5, 0.6) is 0 Å². The Kier molecular flexibility index (Phi) is 1.67. The summed E-state index contributed by atoms with van der Waals surface area (Å²) in [5.74, 6) is 0. The molecule has 2 aromatic carbocycles. The van der Waals surface area contributed by atoms with Gasteiger partial charge in [0.05, 0.1) is 0 Å². The molecule has 1 nitrogen and oxygen atoms in total. The topological polar surface area (TPSA) is 3.24 Å². The number of fused-ring (bicyclic) bond motifs is 3. The van der Waals surface area contributed by atoms with Crippen molar-refractivity contribution in [2.45, 2.75) is 43.2 Å². The molecule has 2 aromatic rings. The summed E-state index contributed by atoms with van der Waals surface area (Å²) in [5.41, 5.74) is 4.06. The fourth-order valence-corrected chi connectivity index (χ4v) is 5.45. The van der Waals surface area contributed by atoms with Gasteiger partial charge in [-0.15, -0.1) is 0 Å². The minimum atomic E-state index is 0.356. The lowest BCUT2D eigenvalue weighted by atomic mass is 9.76. The predicted molar refractivity (Wildman–Crippen MR) is 78.2 cm³/mol. The summed E-state index contributed by atoms with van der Waals surface area (Å²) in [6.45, 7) is 0. The number of hydrogen-bond donors (Lipinski definition) is 0. The lowest BCUT2D eigenvalue weighted by Crippen LogP contribution is -2.44. The summed E-state index contributed by atoms with van der Waals surface area (Å²) in [4.78, 5) is 2.74. The average molecular weight is 249 g/mol. The van der Waals surface area contributed by atoms with E-state index in [1.165, 1.54) is 42.9 Å². The Morgan fingerprint density at radius 1 is 0.895 bits per heavy atom. The van der Waals surface area contributed by atoms with Gasteiger partial charge >= 0.3 is 0 Å². The highest BCUT2D eigenvalue weighted by atomic mass is 15.3. The molecule has 0 spiro atoms. The van der Waals surface area contributed by atoms with E-state index in [0.29, 0.717) is 11.1 Å². The molecule has 2 bridgehead atoms. The van der Waals surface area contributed by atoms with Crippen molar-refractivity contribution in [2.75, 3.05) is 7.05 Å². The van der Waals surface area contributed by atoms with Crippen molar-refractivity contribution in [3.63, 3.8) is 0 Å². The summed E-state index contributed by atoms with van der Waals surface area (Å²) in [6, 6.07) is 13.7. The van der Waals surface area contributed by atoms with Gasteiger partial charge in [-0.1, -0.05) is 36.4 Å². The SMILES string of the molecule is CN1C23CCCC1(CC2)c1c3ccc2ccccc12. The van der Waals surface area contributed by atoms with Crippen LogP contribution >= 0.6 is 0 Å². The lowest BCUT2D eigenvalue weighted by Gasteiger charge is -2.41. The Bertz CT molecular complexity index is 696. The molecule has 0 aliphatic carbocycles. The normalized spacial score (nSPS) is 35.8. The molecule has 3 aliphatic rings. The van der Waals surface area contributed by atoms with Gasteiger partial charge in [-0.3, -0.25) is 4.90 Å². The van der Waals surface area contributed by atoms with Gasteiger partial charge in [0.1, 0.15) is 0 Å². The standard InChI is InChI=1S/C18H19N/c1-19-17-9-4-10-18(19,12-11-17)16-14-6-3-2-5-13(14)7-8-15(16)17/h2-3,5-8H,4,9-12H2,1H3. The van der Waals surface area contributed by atoms with Crippen LogP contribution in [-0.2, 0) is 11.1 Å². The van der Waals surface area contributed by atoms with Crippen LogP contribution in [0.15, 0.2) is 36.4 Å². The van der Waals surface area contributed by atoms with E-state index in [4.69, 9.17) is 0 Å². The van der Waals surface area contributed by atoms with Crippen LogP contribution in [-0.4, -0.2) is 11.9 Å². The minimum Gasteiger partial charge on any atom is -0.287 e. The zero-order valence-corrected chi connectivity index (χ0v) is 11.4. The Balaban J connectivity index is 1.97. The van der Waals surface area contributed by atoms with E-state index in [0.717, 1.165) is 0 Å². The maximum absolute atomic E-state index is 2.74. The molecule has 0 saturated carbocycles. The highest BCUT2D eigenvalue weighted by molar-refractivity contribution is 5.89. The Morgan fingerprint density at radius 3 is 2.63 bits per heavy atom. The van der Waals surface area contributed by atoms with Crippen LogP contribution in [0.4, 0.5) is 0 Å². The monoisotopic (exact) mass is 249 g/mol. The largest absolute Gasteiger partial charge is 0.287 e. The van der Waals surface area contributed by atoms with Crippen molar-refractivity contribution in [1.29, 1.82) is 0 Å². The van der Waals surface area contributed by atoms with Gasteiger partial charge < -0.3 is 0 Å². The third kappa shape index (κ3) is 0.942. The van der Waals surface area contributed by atoms with Crippen molar-refractivity contribution in [1.82, 2.24) is 4.90 Å². The first-order valence-corrected chi connectivity index (χ1v) is 7.55. The molecule has 3 aliphatic heterocycles. The van der Waals surface area contributed by atoms with Crippen LogP contribution in [0.3, 0.4) is 0 Å². The van der Waals surface area contributed by atoms with E-state index in [2.05, 4.69) is 48.3 Å². The number of benzene rings is 2. The van der Waals surface area contributed by atoms with E-state index in [9.17, 15) is 0 Å². The van der Waals surface area contributed by atoms with Crippen molar-refractivity contribution >= 4 is 10.8 Å². The van der Waals surface area contributed by atoms with Crippen molar-refractivity contribution < 1.29 is 0 Å². The van der Waals surface area contributed by atoms with Crippen molar-refractivity contribution in [3.8, 4) is 0 Å². The predicted octanol–water partition coefficient (Wildman–Crippen LogP) is 4.15. The number of nitrogens with zero attached hydrogens (tertiary/aromatic N) is 1. The Morgan fingerprint density at radius 2 is 1.68 bits per heavy atom. The average Bonchev–Trinajstić information content (AvgIpc) is 2.71. The zero-order chi connectivity index (χ0) is 12.7. The maximum atomic E-state index is 2.74. The molecule has 19 heavy (non-hydrogen) atoms. The van der Waals surface area contributed by atoms with Gasteiger partial charge in [0, 0.05) is 11.1 Å². The fourth-order valence-electron chi connectivity index (χ4n) is 5.45. The Labute approximate surface area is 114 Å². The van der Waals surface area contributed by atoms with Crippen molar-refractivity contribution in [3.05, 3.63) is 47.5 Å². The number of rotatable bonds is 0. The van der Waals surface area contributed by atoms with Crippen LogP contribution < -0.4 is 0 Å². The maximum Gasteiger partial charge on any atom is 0.0476 e. The molecule has 0 N–H and O–H groups in total. The Hall–Kier alpha value is -1.34. The van der Waals surface area contributed by atoms with Crippen molar-refractivity contribution in [2.24, 2.45) is 0 Å². The van der Waals surface area contributed by atoms with Gasteiger partial charge in [-0.25, -0.2) is 0 Å². The quantitative estimate of drug-likeness (QED) is 0.678. The highest BCUT2D eigenvalue weighted by Gasteiger charge is 2.64. The molecule has 0 radical (unpaired) electrons. The van der Waals surface area contributed by atoms with E-state index in [-0.39, 0.29) is 0 Å². The second kappa shape index (κ2) is 3.04. The molecular weight excluding hydrogens is 230 g/mol. The van der Waals surface area contributed by atoms with Gasteiger partial charge in [-0.2, -0.15) is 0 Å². The van der Waals surface area contributed by atoms with Gasteiger partial charge in [-0.05, 0) is 61.1 Å². The third-order valence-corrected chi connectivity index (χ3v) is 6.31. The molecular formula is C18H19N. The summed E-state index contributed by atoms with van der Waals surface area (Å²) in [7, 11) is 2.38. The summed E-state index contributed by atoms with van der Waals surface area (Å²) >= 11 is 0. The molecule has 2 fully saturated rings. The molecule has 5 rings (SSSR count). The summed E-state index contributed by atoms with van der Waals surface area (Å²) in [5, 5.41) is 2.92. The lowest BCUT2D eigenvalue weighted by molar-refractivity contribution is 0.0410.